The van der Waals surface area contributed by atoms with Gasteiger partial charge in [-0.15, -0.1) is 0 Å². The van der Waals surface area contributed by atoms with E-state index in [9.17, 15) is 4.79 Å². The van der Waals surface area contributed by atoms with Crippen LogP contribution in [0.1, 0.15) is 12.0 Å². The Kier molecular flexibility index (Phi) is 4.17. The average molecular weight is 301 g/mol. The molecular formula is C15H15N3O2S. The van der Waals surface area contributed by atoms with Crippen molar-refractivity contribution < 1.29 is 9.53 Å². The third kappa shape index (κ3) is 2.77. The molecule has 1 aliphatic heterocycles. The first-order valence-corrected chi connectivity index (χ1v) is 7.47. The normalized spacial score (nSPS) is 12.7. The second-order valence-corrected chi connectivity index (χ2v) is 5.67. The number of nitrogens with zero attached hydrogens (tertiary/aromatic N) is 3. The van der Waals surface area contributed by atoms with Crippen molar-refractivity contribution in [3.8, 4) is 0 Å². The van der Waals surface area contributed by atoms with Gasteiger partial charge in [0.2, 0.25) is 0 Å². The number of aromatic nitrogens is 2. The molecule has 0 aliphatic carbocycles. The molecule has 3 rings (SSSR count). The van der Waals surface area contributed by atoms with Gasteiger partial charge in [0.25, 0.3) is 0 Å². The molecule has 2 heterocycles. The van der Waals surface area contributed by atoms with Gasteiger partial charge in [-0.1, -0.05) is 17.8 Å². The molecule has 108 valence electrons. The predicted molar refractivity (Wildman–Crippen MR) is 81.0 cm³/mol. The van der Waals surface area contributed by atoms with Crippen molar-refractivity contribution in [2.75, 3.05) is 18.7 Å². The first-order chi connectivity index (χ1) is 10.3. The minimum atomic E-state index is 0.413. The molecular weight excluding hydrogens is 286 g/mol. The average Bonchev–Trinajstić information content (AvgIpc) is 2.53. The summed E-state index contributed by atoms with van der Waals surface area (Å²) in [6, 6.07) is 6.23. The van der Waals surface area contributed by atoms with Crippen molar-refractivity contribution in [1.82, 2.24) is 9.97 Å². The minimum Gasteiger partial charge on any atom is -0.364 e. The lowest BCUT2D eigenvalue weighted by Gasteiger charge is -2.30. The maximum atomic E-state index is 10.5. The van der Waals surface area contributed by atoms with Crippen LogP contribution in [0.2, 0.25) is 0 Å². The van der Waals surface area contributed by atoms with Gasteiger partial charge in [-0.25, -0.2) is 9.97 Å². The van der Waals surface area contributed by atoms with E-state index in [-0.39, 0.29) is 0 Å². The fourth-order valence-electron chi connectivity index (χ4n) is 2.29. The summed E-state index contributed by atoms with van der Waals surface area (Å²) < 4.78 is 5.31. The number of fused-ring (bicyclic) bond motifs is 2. The molecule has 0 amide bonds. The molecule has 1 aliphatic rings. The summed E-state index contributed by atoms with van der Waals surface area (Å²) in [5.74, 6) is 0.810. The van der Waals surface area contributed by atoms with E-state index in [0.29, 0.717) is 13.2 Å². The monoisotopic (exact) mass is 301 g/mol. The summed E-state index contributed by atoms with van der Waals surface area (Å²) in [6.07, 6.45) is 5.60. The summed E-state index contributed by atoms with van der Waals surface area (Å²) in [6.45, 7) is 0.413. The van der Waals surface area contributed by atoms with Crippen LogP contribution in [0, 0.1) is 0 Å². The molecule has 21 heavy (non-hydrogen) atoms. The Bertz CT molecular complexity index is 663. The van der Waals surface area contributed by atoms with Gasteiger partial charge in [-0.05, 0) is 24.1 Å². The van der Waals surface area contributed by atoms with Crippen LogP contribution >= 0.6 is 11.8 Å². The molecule has 0 radical (unpaired) electrons. The number of carbonyl (C=O) groups is 1. The van der Waals surface area contributed by atoms with Crippen LogP contribution in [0.3, 0.4) is 0 Å². The Labute approximate surface area is 127 Å². The van der Waals surface area contributed by atoms with Crippen molar-refractivity contribution in [1.29, 1.82) is 0 Å². The summed E-state index contributed by atoms with van der Waals surface area (Å²) in [4.78, 5) is 22.5. The van der Waals surface area contributed by atoms with Gasteiger partial charge in [0.1, 0.15) is 18.0 Å². The number of aryl methyl sites for hydroxylation is 1. The van der Waals surface area contributed by atoms with Crippen molar-refractivity contribution in [2.45, 2.75) is 22.8 Å². The smallest absolute Gasteiger partial charge is 0.168 e. The van der Waals surface area contributed by atoms with E-state index >= 15 is 0 Å². The number of benzene rings is 1. The maximum absolute atomic E-state index is 10.5. The van der Waals surface area contributed by atoms with Crippen LogP contribution in [0.5, 0.6) is 0 Å². The lowest BCUT2D eigenvalue weighted by molar-refractivity contribution is -0.107. The highest BCUT2D eigenvalue weighted by molar-refractivity contribution is 7.99. The quantitative estimate of drug-likeness (QED) is 0.792. The zero-order valence-electron chi connectivity index (χ0n) is 11.7. The van der Waals surface area contributed by atoms with E-state index in [1.165, 1.54) is 0 Å². The fraction of sp³-hybridized carbons (Fsp3) is 0.267. The molecule has 6 heteroatoms. The minimum absolute atomic E-state index is 0.413. The second kappa shape index (κ2) is 6.24. The van der Waals surface area contributed by atoms with Gasteiger partial charge in [0.05, 0.1) is 5.69 Å². The van der Waals surface area contributed by atoms with E-state index < -0.39 is 0 Å². The molecule has 0 bridgehead atoms. The van der Waals surface area contributed by atoms with Crippen LogP contribution < -0.4 is 4.90 Å². The summed E-state index contributed by atoms with van der Waals surface area (Å²) in [5.41, 5.74) is 2.19. The van der Waals surface area contributed by atoms with Crippen molar-refractivity contribution in [2.24, 2.45) is 0 Å². The molecule has 5 nitrogen and oxygen atoms in total. The molecule has 1 aromatic carbocycles. The number of methoxy groups -OCH3 is 1. The molecule has 1 aromatic heterocycles. The maximum Gasteiger partial charge on any atom is 0.168 e. The number of carbonyl (C=O) groups excluding carboxylic acids is 1. The Hall–Kier alpha value is -1.92. The molecule has 0 saturated heterocycles. The Morgan fingerprint density at radius 1 is 1.33 bits per heavy atom. The first-order valence-electron chi connectivity index (χ1n) is 6.65. The molecule has 0 saturated carbocycles. The van der Waals surface area contributed by atoms with Gasteiger partial charge in [-0.3, -0.25) is 4.90 Å². The highest BCUT2D eigenvalue weighted by Gasteiger charge is 2.25. The zero-order valence-corrected chi connectivity index (χ0v) is 12.5. The second-order valence-electron chi connectivity index (χ2n) is 4.64. The Morgan fingerprint density at radius 2 is 2.19 bits per heavy atom. The Morgan fingerprint density at radius 3 is 3.00 bits per heavy atom. The van der Waals surface area contributed by atoms with E-state index in [1.807, 2.05) is 4.90 Å². The molecule has 0 spiro atoms. The number of rotatable bonds is 5. The molecule has 0 fully saturated rings. The summed E-state index contributed by atoms with van der Waals surface area (Å²) >= 11 is 1.60. The van der Waals surface area contributed by atoms with Gasteiger partial charge < -0.3 is 9.53 Å². The largest absolute Gasteiger partial charge is 0.364 e. The lowest BCUT2D eigenvalue weighted by Crippen LogP contribution is -2.24. The van der Waals surface area contributed by atoms with Gasteiger partial charge in [-0.2, -0.15) is 0 Å². The van der Waals surface area contributed by atoms with E-state index in [1.54, 1.807) is 31.3 Å². The van der Waals surface area contributed by atoms with Crippen LogP contribution in [-0.2, 0) is 16.0 Å². The van der Waals surface area contributed by atoms with Crippen LogP contribution in [0.25, 0.3) is 0 Å². The Balaban J connectivity index is 2.01. The SMILES string of the molecule is COCN1c2cc(CCC=O)ccc2Sc2nccnc21. The third-order valence-corrected chi connectivity index (χ3v) is 4.28. The highest BCUT2D eigenvalue weighted by atomic mass is 32.2. The summed E-state index contributed by atoms with van der Waals surface area (Å²) in [7, 11) is 1.66. The number of hydrogen-bond donors (Lipinski definition) is 0. The fourth-order valence-corrected chi connectivity index (χ4v) is 3.28. The van der Waals surface area contributed by atoms with Crippen LogP contribution in [0.15, 0.2) is 40.5 Å². The molecule has 2 aromatic rings. The topological polar surface area (TPSA) is 55.3 Å². The van der Waals surface area contributed by atoms with E-state index in [0.717, 1.165) is 39.7 Å². The third-order valence-electron chi connectivity index (χ3n) is 3.23. The molecule has 0 N–H and O–H groups in total. The zero-order chi connectivity index (χ0) is 14.7. The number of ether oxygens (including phenoxy) is 1. The van der Waals surface area contributed by atoms with Gasteiger partial charge in [0, 0.05) is 30.8 Å². The first kappa shape index (κ1) is 14.0. The van der Waals surface area contributed by atoms with Crippen LogP contribution in [0.4, 0.5) is 11.5 Å². The van der Waals surface area contributed by atoms with E-state index in [2.05, 4.69) is 28.2 Å². The van der Waals surface area contributed by atoms with Gasteiger partial charge in [0.15, 0.2) is 5.82 Å². The lowest BCUT2D eigenvalue weighted by atomic mass is 10.1. The van der Waals surface area contributed by atoms with Gasteiger partial charge >= 0.3 is 0 Å². The van der Waals surface area contributed by atoms with E-state index in [4.69, 9.17) is 4.74 Å². The molecule has 0 atom stereocenters. The highest BCUT2D eigenvalue weighted by Crippen LogP contribution is 2.46. The number of aldehydes is 1. The standard InChI is InChI=1S/C15H15N3O2S/c1-20-10-18-12-9-11(3-2-8-19)4-5-13(12)21-15-14(18)16-6-7-17-15/h4-9H,2-3,10H2,1H3. The van der Waals surface area contributed by atoms with Crippen LogP contribution in [-0.4, -0.2) is 30.1 Å². The number of hydrogen-bond acceptors (Lipinski definition) is 6. The molecule has 0 unspecified atom stereocenters. The van der Waals surface area contributed by atoms with Crippen molar-refractivity contribution in [3.63, 3.8) is 0 Å². The van der Waals surface area contributed by atoms with Crippen molar-refractivity contribution in [3.05, 3.63) is 36.2 Å². The predicted octanol–water partition coefficient (Wildman–Crippen LogP) is 2.81. The van der Waals surface area contributed by atoms with Crippen molar-refractivity contribution >= 4 is 29.6 Å². The summed E-state index contributed by atoms with van der Waals surface area (Å²) in [5, 5.41) is 0.877. The number of anilines is 2.